The topological polar surface area (TPSA) is 29.1 Å². The first kappa shape index (κ1) is 16.5. The Morgan fingerprint density at radius 3 is 2.10 bits per heavy atom. The van der Waals surface area contributed by atoms with Crippen LogP contribution in [-0.2, 0) is 6.18 Å². The molecule has 0 radical (unpaired) electrons. The Kier molecular flexibility index (Phi) is 5.12. The first-order valence-electron chi connectivity index (χ1n) is 5.71. The zero-order valence-electron chi connectivity index (χ0n) is 10.3. The highest BCUT2D eigenvalue weighted by molar-refractivity contribution is 14.1. The molecule has 0 aliphatic heterocycles. The molecule has 0 aromatic heterocycles. The van der Waals surface area contributed by atoms with Gasteiger partial charge in [-0.05, 0) is 87.6 Å². The van der Waals surface area contributed by atoms with Crippen molar-refractivity contribution >= 4 is 56.8 Å². The lowest BCUT2D eigenvalue weighted by Crippen LogP contribution is -2.16. The average Bonchev–Trinajstić information content (AvgIpc) is 2.40. The summed E-state index contributed by atoms with van der Waals surface area (Å²) in [6.45, 7) is 0. The lowest BCUT2D eigenvalue weighted by Gasteiger charge is -2.14. The number of amides is 1. The van der Waals surface area contributed by atoms with Gasteiger partial charge in [0.15, 0.2) is 0 Å². The maximum atomic E-state index is 13.0. The van der Waals surface area contributed by atoms with Crippen LogP contribution in [-0.4, -0.2) is 5.91 Å². The van der Waals surface area contributed by atoms with Gasteiger partial charge in [-0.1, -0.05) is 0 Å². The SMILES string of the molecule is O=C(Nc1ccc(I)cc1C(F)(F)F)c1ccc(I)cc1. The number of carbonyl (C=O) groups is 1. The van der Waals surface area contributed by atoms with Crippen molar-refractivity contribution in [2.75, 3.05) is 5.32 Å². The molecule has 21 heavy (non-hydrogen) atoms. The summed E-state index contributed by atoms with van der Waals surface area (Å²) in [6.07, 6.45) is -4.52. The largest absolute Gasteiger partial charge is 0.418 e. The van der Waals surface area contributed by atoms with Gasteiger partial charge in [-0.25, -0.2) is 0 Å². The molecule has 0 fully saturated rings. The highest BCUT2D eigenvalue weighted by Crippen LogP contribution is 2.36. The Hall–Kier alpha value is -0.840. The molecule has 110 valence electrons. The molecule has 0 aliphatic rings. The summed E-state index contributed by atoms with van der Waals surface area (Å²) in [6, 6.07) is 10.3. The van der Waals surface area contributed by atoms with Gasteiger partial charge in [-0.3, -0.25) is 4.79 Å². The van der Waals surface area contributed by atoms with Gasteiger partial charge in [0.25, 0.3) is 5.91 Å². The third-order valence-corrected chi connectivity index (χ3v) is 4.03. The standard InChI is InChI=1S/C14H8F3I2NO/c15-14(16,17)11-7-10(19)5-6-12(11)20-13(21)8-1-3-9(18)4-2-8/h1-7H,(H,20,21). The van der Waals surface area contributed by atoms with Crippen LogP contribution >= 0.6 is 45.2 Å². The van der Waals surface area contributed by atoms with Crippen molar-refractivity contribution in [1.82, 2.24) is 0 Å². The van der Waals surface area contributed by atoms with Gasteiger partial charge in [0, 0.05) is 12.7 Å². The van der Waals surface area contributed by atoms with Crippen molar-refractivity contribution in [3.05, 3.63) is 60.7 Å². The predicted octanol–water partition coefficient (Wildman–Crippen LogP) is 5.17. The molecule has 2 nitrogen and oxygen atoms in total. The lowest BCUT2D eigenvalue weighted by atomic mass is 10.1. The van der Waals surface area contributed by atoms with Crippen molar-refractivity contribution in [3.63, 3.8) is 0 Å². The second kappa shape index (κ2) is 6.51. The molecule has 0 saturated carbocycles. The molecule has 2 rings (SSSR count). The van der Waals surface area contributed by atoms with Crippen LogP contribution < -0.4 is 5.32 Å². The summed E-state index contributed by atoms with van der Waals surface area (Å²) in [7, 11) is 0. The van der Waals surface area contributed by atoms with E-state index in [-0.39, 0.29) is 5.69 Å². The molecule has 2 aromatic rings. The van der Waals surface area contributed by atoms with Crippen LogP contribution in [0.4, 0.5) is 18.9 Å². The van der Waals surface area contributed by atoms with Crippen LogP contribution in [0.5, 0.6) is 0 Å². The van der Waals surface area contributed by atoms with Crippen molar-refractivity contribution < 1.29 is 18.0 Å². The number of nitrogens with one attached hydrogen (secondary N) is 1. The normalized spacial score (nSPS) is 11.3. The number of carbonyl (C=O) groups excluding carboxylic acids is 1. The highest BCUT2D eigenvalue weighted by Gasteiger charge is 2.34. The summed E-state index contributed by atoms with van der Waals surface area (Å²) in [4.78, 5) is 12.0. The van der Waals surface area contributed by atoms with Crippen molar-refractivity contribution in [2.45, 2.75) is 6.18 Å². The highest BCUT2D eigenvalue weighted by atomic mass is 127. The second-order valence-corrected chi connectivity index (χ2v) is 6.64. The summed E-state index contributed by atoms with van der Waals surface area (Å²) in [5, 5.41) is 2.32. The molecular formula is C14H8F3I2NO. The number of hydrogen-bond acceptors (Lipinski definition) is 1. The Morgan fingerprint density at radius 1 is 0.952 bits per heavy atom. The van der Waals surface area contributed by atoms with Crippen molar-refractivity contribution in [1.29, 1.82) is 0 Å². The molecule has 0 bridgehead atoms. The number of alkyl halides is 3. The van der Waals surface area contributed by atoms with Gasteiger partial charge in [0.2, 0.25) is 0 Å². The van der Waals surface area contributed by atoms with E-state index in [4.69, 9.17) is 0 Å². The maximum Gasteiger partial charge on any atom is 0.418 e. The third-order valence-electron chi connectivity index (χ3n) is 2.64. The second-order valence-electron chi connectivity index (χ2n) is 4.15. The van der Waals surface area contributed by atoms with Crippen LogP contribution in [0, 0.1) is 7.14 Å². The summed E-state index contributed by atoms with van der Waals surface area (Å²) in [5.74, 6) is -0.571. The predicted molar refractivity (Wildman–Crippen MR) is 91.3 cm³/mol. The molecule has 0 unspecified atom stereocenters. The molecule has 7 heteroatoms. The van der Waals surface area contributed by atoms with E-state index in [1.165, 1.54) is 12.1 Å². The van der Waals surface area contributed by atoms with Crippen LogP contribution in [0.2, 0.25) is 0 Å². The number of rotatable bonds is 2. The minimum absolute atomic E-state index is 0.244. The zero-order valence-corrected chi connectivity index (χ0v) is 14.7. The van der Waals surface area contributed by atoms with E-state index in [1.54, 1.807) is 46.9 Å². The van der Waals surface area contributed by atoms with E-state index in [0.717, 1.165) is 9.64 Å². The van der Waals surface area contributed by atoms with Gasteiger partial charge in [-0.2, -0.15) is 13.2 Å². The molecule has 0 spiro atoms. The van der Waals surface area contributed by atoms with Crippen LogP contribution in [0.15, 0.2) is 42.5 Å². The molecular weight excluding hydrogens is 509 g/mol. The Bertz CT molecular complexity index is 669. The smallest absolute Gasteiger partial charge is 0.321 e. The number of anilines is 1. The molecule has 0 heterocycles. The van der Waals surface area contributed by atoms with Gasteiger partial charge in [-0.15, -0.1) is 0 Å². The molecule has 1 N–H and O–H groups in total. The van der Waals surface area contributed by atoms with Gasteiger partial charge in [0.1, 0.15) is 0 Å². The molecule has 2 aromatic carbocycles. The summed E-state index contributed by atoms with van der Waals surface area (Å²) in [5.41, 5.74) is -0.790. The number of halogens is 5. The molecule has 0 saturated heterocycles. The Morgan fingerprint density at radius 2 is 1.52 bits per heavy atom. The number of hydrogen-bond donors (Lipinski definition) is 1. The maximum absolute atomic E-state index is 13.0. The van der Waals surface area contributed by atoms with E-state index in [9.17, 15) is 18.0 Å². The Balaban J connectivity index is 2.31. The van der Waals surface area contributed by atoms with E-state index in [1.807, 2.05) is 0 Å². The van der Waals surface area contributed by atoms with Crippen molar-refractivity contribution in [3.8, 4) is 0 Å². The fourth-order valence-corrected chi connectivity index (χ4v) is 2.51. The average molecular weight is 517 g/mol. The minimum atomic E-state index is -4.52. The van der Waals surface area contributed by atoms with E-state index >= 15 is 0 Å². The first-order chi connectivity index (χ1) is 9.77. The molecule has 1 amide bonds. The zero-order chi connectivity index (χ0) is 15.6. The quantitative estimate of drug-likeness (QED) is 0.548. The summed E-state index contributed by atoms with van der Waals surface area (Å²) >= 11 is 3.88. The fraction of sp³-hybridized carbons (Fsp3) is 0.0714. The molecule has 0 atom stereocenters. The fourth-order valence-electron chi connectivity index (χ4n) is 1.66. The van der Waals surface area contributed by atoms with E-state index < -0.39 is 17.6 Å². The van der Waals surface area contributed by atoms with Gasteiger partial charge in [0.05, 0.1) is 11.3 Å². The number of benzene rings is 2. The lowest BCUT2D eigenvalue weighted by molar-refractivity contribution is -0.137. The van der Waals surface area contributed by atoms with Crippen LogP contribution in [0.25, 0.3) is 0 Å². The van der Waals surface area contributed by atoms with E-state index in [0.29, 0.717) is 9.13 Å². The Labute approximate surface area is 146 Å². The first-order valence-corrected chi connectivity index (χ1v) is 7.87. The van der Waals surface area contributed by atoms with Crippen LogP contribution in [0.1, 0.15) is 15.9 Å². The van der Waals surface area contributed by atoms with Crippen molar-refractivity contribution in [2.24, 2.45) is 0 Å². The molecule has 0 aliphatic carbocycles. The van der Waals surface area contributed by atoms with Gasteiger partial charge >= 0.3 is 6.18 Å². The monoisotopic (exact) mass is 517 g/mol. The van der Waals surface area contributed by atoms with Gasteiger partial charge < -0.3 is 5.32 Å². The third kappa shape index (κ3) is 4.31. The minimum Gasteiger partial charge on any atom is -0.321 e. The van der Waals surface area contributed by atoms with Crippen LogP contribution in [0.3, 0.4) is 0 Å². The summed E-state index contributed by atoms with van der Waals surface area (Å²) < 4.78 is 40.3. The van der Waals surface area contributed by atoms with E-state index in [2.05, 4.69) is 27.9 Å².